The first-order valence-corrected chi connectivity index (χ1v) is 13.5. The molecule has 3 atom stereocenters. The third-order valence-electron chi connectivity index (χ3n) is 8.76. The number of rotatable bonds is 3. The van der Waals surface area contributed by atoms with E-state index in [4.69, 9.17) is 25.8 Å². The van der Waals surface area contributed by atoms with Crippen LogP contribution in [0.1, 0.15) is 47.2 Å². The molecule has 9 nitrogen and oxygen atoms in total. The minimum atomic E-state index is -1.93. The number of aromatic nitrogens is 1. The van der Waals surface area contributed by atoms with Gasteiger partial charge in [0.15, 0.2) is 5.75 Å². The molecule has 1 spiro atoms. The van der Waals surface area contributed by atoms with E-state index in [1.807, 2.05) is 18.2 Å². The number of hydrogen-bond acceptors (Lipinski definition) is 7. The summed E-state index contributed by atoms with van der Waals surface area (Å²) in [5, 5.41) is 3.77. The van der Waals surface area contributed by atoms with Gasteiger partial charge in [0, 0.05) is 47.7 Å². The fourth-order valence-electron chi connectivity index (χ4n) is 6.90. The van der Waals surface area contributed by atoms with Crippen LogP contribution >= 0.6 is 11.6 Å². The van der Waals surface area contributed by atoms with Gasteiger partial charge in [-0.25, -0.2) is 0 Å². The summed E-state index contributed by atoms with van der Waals surface area (Å²) in [5.41, 5.74) is 0.871. The van der Waals surface area contributed by atoms with Crippen molar-refractivity contribution in [3.63, 3.8) is 0 Å². The van der Waals surface area contributed by atoms with Crippen LogP contribution in [0, 0.1) is 5.92 Å². The van der Waals surface area contributed by atoms with Crippen LogP contribution in [-0.2, 0) is 22.6 Å². The summed E-state index contributed by atoms with van der Waals surface area (Å²) in [6, 6.07) is 9.14. The first-order valence-electron chi connectivity index (χ1n) is 13.1. The Kier molecular flexibility index (Phi) is 5.26. The van der Waals surface area contributed by atoms with Crippen molar-refractivity contribution in [1.82, 2.24) is 9.88 Å². The third kappa shape index (κ3) is 3.04. The monoisotopic (exact) mass is 560 g/mol. The molecule has 0 saturated carbocycles. The molecule has 0 fully saturated rings. The van der Waals surface area contributed by atoms with Crippen LogP contribution in [0.4, 0.5) is 0 Å². The Morgan fingerprint density at radius 3 is 2.58 bits per heavy atom. The zero-order chi connectivity index (χ0) is 28.1. The molecular weight excluding hydrogens is 536 g/mol. The van der Waals surface area contributed by atoms with E-state index in [-0.39, 0.29) is 57.7 Å². The van der Waals surface area contributed by atoms with Crippen LogP contribution in [0.5, 0.6) is 17.2 Å². The van der Waals surface area contributed by atoms with Crippen LogP contribution in [0.3, 0.4) is 0 Å². The maximum absolute atomic E-state index is 14.6. The Morgan fingerprint density at radius 1 is 1.05 bits per heavy atom. The van der Waals surface area contributed by atoms with Gasteiger partial charge in [-0.1, -0.05) is 36.7 Å². The molecule has 0 bridgehead atoms. The van der Waals surface area contributed by atoms with Gasteiger partial charge in [-0.3, -0.25) is 19.2 Å². The number of carbonyl (C=O) groups excluding carboxylic acids is 3. The van der Waals surface area contributed by atoms with E-state index >= 15 is 0 Å². The third-order valence-corrected chi connectivity index (χ3v) is 9.12. The molecule has 10 heteroatoms. The van der Waals surface area contributed by atoms with Crippen molar-refractivity contribution < 1.29 is 28.6 Å². The number of ketones is 2. The Morgan fingerprint density at radius 2 is 1.82 bits per heavy atom. The van der Waals surface area contributed by atoms with E-state index in [2.05, 4.69) is 5.32 Å². The van der Waals surface area contributed by atoms with E-state index in [0.717, 1.165) is 22.9 Å². The lowest BCUT2D eigenvalue weighted by atomic mass is 9.66. The molecule has 40 heavy (non-hydrogen) atoms. The van der Waals surface area contributed by atoms with Crippen LogP contribution in [-0.4, -0.2) is 41.9 Å². The fraction of sp³-hybridized carbons (Fsp3) is 0.333. The smallest absolute Gasteiger partial charge is 0.254 e. The second-order valence-electron chi connectivity index (χ2n) is 10.8. The Balaban J connectivity index is 1.41. The second-order valence-corrected chi connectivity index (χ2v) is 11.1. The average molecular weight is 561 g/mol. The highest BCUT2D eigenvalue weighted by Gasteiger charge is 2.63. The van der Waals surface area contributed by atoms with Crippen molar-refractivity contribution in [2.45, 2.75) is 44.2 Å². The zero-order valence-electron chi connectivity index (χ0n) is 22.1. The van der Waals surface area contributed by atoms with E-state index < -0.39 is 29.0 Å². The molecule has 1 N–H and O–H groups in total. The van der Waals surface area contributed by atoms with Crippen LogP contribution in [0.25, 0.3) is 10.9 Å². The predicted octanol–water partition coefficient (Wildman–Crippen LogP) is 3.71. The highest BCUT2D eigenvalue weighted by atomic mass is 35.5. The maximum Gasteiger partial charge on any atom is 0.254 e. The van der Waals surface area contributed by atoms with E-state index in [9.17, 15) is 19.2 Å². The maximum atomic E-state index is 14.6. The molecule has 1 aliphatic carbocycles. The van der Waals surface area contributed by atoms with Gasteiger partial charge < -0.3 is 24.1 Å². The van der Waals surface area contributed by atoms with Gasteiger partial charge in [0.2, 0.25) is 23.1 Å². The van der Waals surface area contributed by atoms with Gasteiger partial charge >= 0.3 is 0 Å². The van der Waals surface area contributed by atoms with Crippen LogP contribution in [0.2, 0.25) is 5.02 Å². The van der Waals surface area contributed by atoms with Crippen LogP contribution < -0.4 is 25.1 Å². The van der Waals surface area contributed by atoms with Gasteiger partial charge in [0.05, 0.1) is 19.7 Å². The summed E-state index contributed by atoms with van der Waals surface area (Å²) in [6.07, 6.45) is 0.821. The number of carbonyl (C=O) groups is 3. The Hall–Kier alpha value is -4.11. The number of benzene rings is 2. The Bertz CT molecular complexity index is 1810. The first kappa shape index (κ1) is 24.9. The number of hydrogen-bond donors (Lipinski definition) is 1. The molecule has 4 heterocycles. The van der Waals surface area contributed by atoms with E-state index in [1.165, 1.54) is 20.3 Å². The lowest BCUT2D eigenvalue weighted by Crippen LogP contribution is -2.59. The first-order chi connectivity index (χ1) is 19.2. The lowest BCUT2D eigenvalue weighted by Gasteiger charge is -2.41. The topological polar surface area (TPSA) is 113 Å². The quantitative estimate of drug-likeness (QED) is 0.486. The molecule has 0 unspecified atom stereocenters. The summed E-state index contributed by atoms with van der Waals surface area (Å²) in [5.74, 6) is -2.48. The molecular formula is C30H25ClN2O7. The standard InChI is InChI=1S/C30H25ClN2O7/c1-13-9-18-22(27(35)30(13)28(36)23-19(38-2)12-20(39-3)24(31)26(23)40-30)16(11-21(34)32-18)17-10-15-6-4-5-14-7-8-33(25(14)15)29(17)37/h4-6,10,12-13,16H,7-9,11H2,1-3H3,(H,32,34)/t13-,16-,30+/m1/s1. The largest absolute Gasteiger partial charge is 0.496 e. The average Bonchev–Trinajstić information content (AvgIpc) is 3.51. The number of amides is 1. The SMILES string of the molecule is COc1cc(OC)c2c(c1Cl)O[C@@]1(C(=O)C3=C(C[C@H]1C)NC(=O)C[C@@H]3c1cc3cccc4c3n(c1=O)CC4)C2=O. The molecule has 1 aromatic heterocycles. The number of methoxy groups -OCH3 is 2. The summed E-state index contributed by atoms with van der Waals surface area (Å²) in [4.78, 5) is 55.4. The lowest BCUT2D eigenvalue weighted by molar-refractivity contribution is -0.131. The zero-order valence-corrected chi connectivity index (χ0v) is 22.8. The number of aryl methyl sites for hydroxylation is 2. The van der Waals surface area contributed by atoms with Gasteiger partial charge in [0.1, 0.15) is 22.1 Å². The van der Waals surface area contributed by atoms with E-state index in [0.29, 0.717) is 17.8 Å². The molecule has 0 saturated heterocycles. The summed E-state index contributed by atoms with van der Waals surface area (Å²) in [7, 11) is 2.83. The number of allylic oxidation sites excluding steroid dienone is 1. The van der Waals surface area contributed by atoms with Gasteiger partial charge in [-0.2, -0.15) is 0 Å². The van der Waals surface area contributed by atoms with Crippen molar-refractivity contribution in [2.75, 3.05) is 14.2 Å². The number of halogens is 1. The van der Waals surface area contributed by atoms with Crippen LogP contribution in [0.15, 0.2) is 46.4 Å². The summed E-state index contributed by atoms with van der Waals surface area (Å²) >= 11 is 6.56. The highest BCUT2D eigenvalue weighted by Crippen LogP contribution is 2.55. The molecule has 4 aliphatic rings. The highest BCUT2D eigenvalue weighted by molar-refractivity contribution is 6.36. The number of para-hydroxylation sites is 1. The molecule has 3 aliphatic heterocycles. The molecule has 2 aromatic carbocycles. The van der Waals surface area contributed by atoms with Gasteiger partial charge in [-0.15, -0.1) is 0 Å². The molecule has 0 radical (unpaired) electrons. The molecule has 1 amide bonds. The number of fused-ring (bicyclic) bond motifs is 1. The van der Waals surface area contributed by atoms with E-state index in [1.54, 1.807) is 17.6 Å². The number of ether oxygens (including phenoxy) is 3. The van der Waals surface area contributed by atoms with Gasteiger partial charge in [-0.05, 0) is 29.9 Å². The minimum Gasteiger partial charge on any atom is -0.496 e. The number of Topliss-reactive ketones (excluding diaryl/α,β-unsaturated/α-hetero) is 2. The normalized spacial score (nSPS) is 24.8. The Labute approximate surface area is 233 Å². The predicted molar refractivity (Wildman–Crippen MR) is 145 cm³/mol. The minimum absolute atomic E-state index is 0.0231. The van der Waals surface area contributed by atoms with Crippen molar-refractivity contribution in [3.05, 3.63) is 73.7 Å². The van der Waals surface area contributed by atoms with Crippen molar-refractivity contribution in [2.24, 2.45) is 5.92 Å². The summed E-state index contributed by atoms with van der Waals surface area (Å²) in [6.45, 7) is 2.26. The molecule has 204 valence electrons. The van der Waals surface area contributed by atoms with Crippen molar-refractivity contribution in [1.29, 1.82) is 0 Å². The second kappa shape index (κ2) is 8.44. The fourth-order valence-corrected chi connectivity index (χ4v) is 7.16. The molecule has 7 rings (SSSR count). The summed E-state index contributed by atoms with van der Waals surface area (Å²) < 4.78 is 18.8. The number of nitrogens with one attached hydrogen (secondary N) is 1. The number of nitrogens with zero attached hydrogens (tertiary/aromatic N) is 1. The van der Waals surface area contributed by atoms with Gasteiger partial charge in [0.25, 0.3) is 5.56 Å². The van der Waals surface area contributed by atoms with Crippen molar-refractivity contribution in [3.8, 4) is 17.2 Å². The molecule has 3 aromatic rings. The van der Waals surface area contributed by atoms with Crippen molar-refractivity contribution >= 4 is 40.0 Å². The number of pyridine rings is 1.